The van der Waals surface area contributed by atoms with Gasteiger partial charge in [-0.2, -0.15) is 0 Å². The molecule has 0 saturated heterocycles. The van der Waals surface area contributed by atoms with Crippen molar-refractivity contribution in [3.05, 3.63) is 65.3 Å². The number of allylic oxidation sites excluding steroid dienone is 2. The molecular formula is C19H20O6. The van der Waals surface area contributed by atoms with Gasteiger partial charge in [-0.05, 0) is 31.9 Å². The van der Waals surface area contributed by atoms with E-state index < -0.39 is 23.3 Å². The van der Waals surface area contributed by atoms with E-state index in [9.17, 15) is 29.7 Å². The molecule has 0 heterocycles. The van der Waals surface area contributed by atoms with Gasteiger partial charge in [-0.1, -0.05) is 43.0 Å². The molecule has 25 heavy (non-hydrogen) atoms. The van der Waals surface area contributed by atoms with Gasteiger partial charge >= 0.3 is 17.9 Å². The molecule has 6 heteroatoms. The largest absolute Gasteiger partial charge is 0.478 e. The van der Waals surface area contributed by atoms with Gasteiger partial charge in [0.2, 0.25) is 0 Å². The van der Waals surface area contributed by atoms with Crippen LogP contribution in [0.2, 0.25) is 0 Å². The van der Waals surface area contributed by atoms with Crippen LogP contribution in [0.15, 0.2) is 59.7 Å². The highest BCUT2D eigenvalue weighted by Gasteiger charge is 2.37. The number of aliphatic carboxylic acids is 3. The zero-order valence-electron chi connectivity index (χ0n) is 14.2. The van der Waals surface area contributed by atoms with Crippen molar-refractivity contribution in [1.82, 2.24) is 0 Å². The Morgan fingerprint density at radius 3 is 1.88 bits per heavy atom. The standard InChI is InChI=1S/C19H20O6/c1-11(16(20)21)10-19(4,13(3)18(24)25)15(12(2)17(22)23)14-8-6-5-7-9-14/h5-10H,3H2,1-2,4H3,(H,20,21)(H,22,23)(H,24,25). The van der Waals surface area contributed by atoms with Crippen LogP contribution in [0.1, 0.15) is 26.3 Å². The highest BCUT2D eigenvalue weighted by molar-refractivity contribution is 6.02. The Kier molecular flexibility index (Phi) is 6.06. The van der Waals surface area contributed by atoms with E-state index in [-0.39, 0.29) is 22.3 Å². The van der Waals surface area contributed by atoms with Gasteiger partial charge in [0.25, 0.3) is 0 Å². The predicted molar refractivity (Wildman–Crippen MR) is 92.9 cm³/mol. The minimum atomic E-state index is -1.53. The monoisotopic (exact) mass is 344 g/mol. The second kappa shape index (κ2) is 7.61. The fraction of sp³-hybridized carbons (Fsp3) is 0.211. The summed E-state index contributed by atoms with van der Waals surface area (Å²) in [5.74, 6) is -3.81. The van der Waals surface area contributed by atoms with Gasteiger partial charge in [0.1, 0.15) is 0 Å². The number of benzene rings is 1. The Balaban J connectivity index is 3.90. The molecule has 0 aliphatic carbocycles. The number of hydrogen-bond donors (Lipinski definition) is 3. The molecule has 0 spiro atoms. The molecule has 0 fully saturated rings. The average molecular weight is 344 g/mol. The Morgan fingerprint density at radius 1 is 0.960 bits per heavy atom. The predicted octanol–water partition coefficient (Wildman–Crippen LogP) is 3.22. The van der Waals surface area contributed by atoms with E-state index in [1.807, 2.05) is 0 Å². The Labute approximate surface area is 145 Å². The van der Waals surface area contributed by atoms with Crippen molar-refractivity contribution in [1.29, 1.82) is 0 Å². The fourth-order valence-electron chi connectivity index (χ4n) is 2.64. The molecule has 1 rings (SSSR count). The van der Waals surface area contributed by atoms with Crippen LogP contribution in [0.3, 0.4) is 0 Å². The zero-order valence-corrected chi connectivity index (χ0v) is 14.2. The van der Waals surface area contributed by atoms with Crippen LogP contribution < -0.4 is 0 Å². The van der Waals surface area contributed by atoms with Crippen molar-refractivity contribution >= 4 is 23.5 Å². The van der Waals surface area contributed by atoms with Crippen molar-refractivity contribution in [3.63, 3.8) is 0 Å². The molecule has 3 N–H and O–H groups in total. The van der Waals surface area contributed by atoms with E-state index >= 15 is 0 Å². The molecule has 1 unspecified atom stereocenters. The lowest BCUT2D eigenvalue weighted by Gasteiger charge is -2.32. The molecule has 0 amide bonds. The van der Waals surface area contributed by atoms with Gasteiger partial charge in [0.15, 0.2) is 0 Å². The third-order valence-corrected chi connectivity index (χ3v) is 4.01. The molecule has 6 nitrogen and oxygen atoms in total. The molecule has 1 aromatic carbocycles. The molecule has 1 atom stereocenters. The van der Waals surface area contributed by atoms with Crippen LogP contribution in [0, 0.1) is 5.41 Å². The maximum atomic E-state index is 11.6. The quantitative estimate of drug-likeness (QED) is 0.655. The van der Waals surface area contributed by atoms with E-state index in [0.29, 0.717) is 5.56 Å². The molecule has 1 aromatic rings. The Hall–Kier alpha value is -3.15. The maximum Gasteiger partial charge on any atom is 0.332 e. The summed E-state index contributed by atoms with van der Waals surface area (Å²) in [6.07, 6.45) is 1.22. The lowest BCUT2D eigenvalue weighted by Crippen LogP contribution is -2.27. The van der Waals surface area contributed by atoms with E-state index in [4.69, 9.17) is 0 Å². The molecule has 132 valence electrons. The number of carbonyl (C=O) groups is 3. The summed E-state index contributed by atoms with van der Waals surface area (Å²) in [5, 5.41) is 28.1. The van der Waals surface area contributed by atoms with E-state index in [2.05, 4.69) is 6.58 Å². The highest BCUT2D eigenvalue weighted by Crippen LogP contribution is 2.44. The SMILES string of the molecule is C=C(C(=O)O)C(C)(C=C(C)C(=O)O)C(=C(C)C(=O)O)c1ccccc1. The Morgan fingerprint density at radius 2 is 1.48 bits per heavy atom. The molecule has 0 radical (unpaired) electrons. The molecule has 0 saturated carbocycles. The van der Waals surface area contributed by atoms with Crippen molar-refractivity contribution in [2.45, 2.75) is 20.8 Å². The lowest BCUT2D eigenvalue weighted by molar-refractivity contribution is -0.134. The van der Waals surface area contributed by atoms with Gasteiger partial charge in [-0.15, -0.1) is 0 Å². The molecule has 0 aliphatic rings. The summed E-state index contributed by atoms with van der Waals surface area (Å²) in [4.78, 5) is 34.4. The first-order chi connectivity index (χ1) is 11.5. The number of hydrogen-bond acceptors (Lipinski definition) is 3. The van der Waals surface area contributed by atoms with Crippen molar-refractivity contribution in [2.24, 2.45) is 5.41 Å². The van der Waals surface area contributed by atoms with Gasteiger partial charge < -0.3 is 15.3 Å². The van der Waals surface area contributed by atoms with Gasteiger partial charge in [-0.25, -0.2) is 14.4 Å². The van der Waals surface area contributed by atoms with Crippen LogP contribution in [-0.4, -0.2) is 33.2 Å². The molecule has 0 aliphatic heterocycles. The number of carboxylic acids is 3. The summed E-state index contributed by atoms with van der Waals surface area (Å²) in [6.45, 7) is 7.67. The third-order valence-electron chi connectivity index (χ3n) is 4.01. The maximum absolute atomic E-state index is 11.6. The first-order valence-electron chi connectivity index (χ1n) is 7.37. The van der Waals surface area contributed by atoms with Crippen LogP contribution in [0.5, 0.6) is 0 Å². The second-order valence-corrected chi connectivity index (χ2v) is 5.79. The van der Waals surface area contributed by atoms with Crippen molar-refractivity contribution < 1.29 is 29.7 Å². The summed E-state index contributed by atoms with van der Waals surface area (Å²) in [5.41, 5.74) is -1.41. The van der Waals surface area contributed by atoms with E-state index in [1.54, 1.807) is 30.3 Å². The van der Waals surface area contributed by atoms with Gasteiger partial charge in [0, 0.05) is 22.1 Å². The van der Waals surface area contributed by atoms with Gasteiger partial charge in [0.05, 0.1) is 0 Å². The highest BCUT2D eigenvalue weighted by atomic mass is 16.4. The summed E-state index contributed by atoms with van der Waals surface area (Å²) in [6, 6.07) is 8.38. The smallest absolute Gasteiger partial charge is 0.332 e. The Bertz CT molecular complexity index is 785. The van der Waals surface area contributed by atoms with E-state index in [1.165, 1.54) is 26.8 Å². The van der Waals surface area contributed by atoms with Crippen molar-refractivity contribution in [3.8, 4) is 0 Å². The summed E-state index contributed by atoms with van der Waals surface area (Å²) < 4.78 is 0. The van der Waals surface area contributed by atoms with Gasteiger partial charge in [-0.3, -0.25) is 0 Å². The number of carboxylic acid groups (broad SMARTS) is 3. The lowest BCUT2D eigenvalue weighted by atomic mass is 9.70. The van der Waals surface area contributed by atoms with Crippen LogP contribution in [0.4, 0.5) is 0 Å². The van der Waals surface area contributed by atoms with Crippen molar-refractivity contribution in [2.75, 3.05) is 0 Å². The molecule has 0 aromatic heterocycles. The average Bonchev–Trinajstić information content (AvgIpc) is 2.54. The second-order valence-electron chi connectivity index (χ2n) is 5.79. The van der Waals surface area contributed by atoms with Crippen LogP contribution in [0.25, 0.3) is 5.57 Å². The molecule has 0 bridgehead atoms. The molecular weight excluding hydrogens is 324 g/mol. The minimum absolute atomic E-state index is 0.0921. The zero-order chi connectivity index (χ0) is 19.4. The fourth-order valence-corrected chi connectivity index (χ4v) is 2.64. The van der Waals surface area contributed by atoms with Crippen LogP contribution in [-0.2, 0) is 14.4 Å². The topological polar surface area (TPSA) is 112 Å². The summed E-state index contributed by atoms with van der Waals surface area (Å²) >= 11 is 0. The normalized spacial score (nSPS) is 14.9. The van der Waals surface area contributed by atoms with E-state index in [0.717, 1.165) is 0 Å². The number of rotatable bonds is 7. The first-order valence-corrected chi connectivity index (χ1v) is 7.37. The first kappa shape index (κ1) is 19.9. The third kappa shape index (κ3) is 4.23. The summed E-state index contributed by atoms with van der Waals surface area (Å²) in [7, 11) is 0. The van der Waals surface area contributed by atoms with Crippen LogP contribution >= 0.6 is 0 Å². The minimum Gasteiger partial charge on any atom is -0.478 e.